The van der Waals surface area contributed by atoms with Crippen LogP contribution in [-0.2, 0) is 4.79 Å². The molecule has 0 saturated heterocycles. The molecule has 1 aliphatic carbocycles. The average Bonchev–Trinajstić information content (AvgIpc) is 2.91. The quantitative estimate of drug-likeness (QED) is 0.498. The Hall–Kier alpha value is -2.11. The van der Waals surface area contributed by atoms with Crippen molar-refractivity contribution in [2.45, 2.75) is 57.9 Å². The second-order valence-electron chi connectivity index (χ2n) is 5.70. The van der Waals surface area contributed by atoms with Crippen molar-refractivity contribution in [1.82, 2.24) is 10.7 Å². The Balaban J connectivity index is 1.75. The van der Waals surface area contributed by atoms with Gasteiger partial charge >= 0.3 is 5.91 Å². The van der Waals surface area contributed by atoms with Gasteiger partial charge in [0.1, 0.15) is 0 Å². The summed E-state index contributed by atoms with van der Waals surface area (Å²) in [4.78, 5) is 23.6. The first-order valence-corrected chi connectivity index (χ1v) is 7.81. The monoisotopic (exact) mass is 305 g/mol. The summed E-state index contributed by atoms with van der Waals surface area (Å²) in [6, 6.07) is 3.46. The summed E-state index contributed by atoms with van der Waals surface area (Å²) in [6.45, 7) is 1.72. The Kier molecular flexibility index (Phi) is 6.18. The van der Waals surface area contributed by atoms with Crippen LogP contribution in [0, 0.1) is 0 Å². The smallest absolute Gasteiger partial charge is 0.307 e. The van der Waals surface area contributed by atoms with Crippen LogP contribution in [0.3, 0.4) is 0 Å². The van der Waals surface area contributed by atoms with Crippen molar-refractivity contribution < 1.29 is 14.0 Å². The lowest BCUT2D eigenvalue weighted by atomic mass is 10.1. The molecule has 2 amide bonds. The number of hydrogen-bond donors (Lipinski definition) is 2. The lowest BCUT2D eigenvalue weighted by molar-refractivity contribution is -0.120. The molecule has 0 spiro atoms. The molecule has 1 aliphatic rings. The molecule has 0 unspecified atom stereocenters. The van der Waals surface area contributed by atoms with Gasteiger partial charge in [0.15, 0.2) is 5.76 Å². The first-order valence-electron chi connectivity index (χ1n) is 7.81. The highest BCUT2D eigenvalue weighted by Crippen LogP contribution is 2.17. The van der Waals surface area contributed by atoms with Crippen LogP contribution >= 0.6 is 0 Å². The zero-order valence-corrected chi connectivity index (χ0v) is 12.9. The molecule has 1 fully saturated rings. The number of furan rings is 1. The number of amides is 2. The third-order valence-corrected chi connectivity index (χ3v) is 3.73. The molecule has 22 heavy (non-hydrogen) atoms. The van der Waals surface area contributed by atoms with E-state index in [-0.39, 0.29) is 24.1 Å². The maximum atomic E-state index is 12.0. The molecule has 0 radical (unpaired) electrons. The molecule has 1 aromatic heterocycles. The van der Waals surface area contributed by atoms with E-state index in [1.807, 2.05) is 0 Å². The van der Waals surface area contributed by atoms with Gasteiger partial charge in [-0.05, 0) is 31.9 Å². The second kappa shape index (κ2) is 8.36. The molecular weight excluding hydrogens is 282 g/mol. The Bertz CT molecular complexity index is 515. The highest BCUT2D eigenvalue weighted by molar-refractivity contribution is 6.00. The summed E-state index contributed by atoms with van der Waals surface area (Å²) in [5, 5.41) is 6.98. The van der Waals surface area contributed by atoms with Gasteiger partial charge in [-0.25, -0.2) is 5.43 Å². The number of hydrazone groups is 1. The highest BCUT2D eigenvalue weighted by atomic mass is 16.3. The third-order valence-electron chi connectivity index (χ3n) is 3.73. The molecule has 0 aromatic carbocycles. The first-order chi connectivity index (χ1) is 10.6. The highest BCUT2D eigenvalue weighted by Gasteiger charge is 2.15. The molecule has 0 bridgehead atoms. The van der Waals surface area contributed by atoms with Crippen molar-refractivity contribution in [2.75, 3.05) is 0 Å². The van der Waals surface area contributed by atoms with Gasteiger partial charge < -0.3 is 9.73 Å². The first kappa shape index (κ1) is 16.3. The number of carbonyl (C=O) groups is 2. The van der Waals surface area contributed by atoms with Crippen LogP contribution in [0.1, 0.15) is 62.4 Å². The summed E-state index contributed by atoms with van der Waals surface area (Å²) < 4.78 is 4.96. The van der Waals surface area contributed by atoms with Crippen molar-refractivity contribution >= 4 is 17.5 Å². The number of nitrogens with zero attached hydrogens (tertiary/aromatic N) is 1. The van der Waals surface area contributed by atoms with E-state index in [0.717, 1.165) is 12.8 Å². The van der Waals surface area contributed by atoms with E-state index in [4.69, 9.17) is 4.42 Å². The van der Waals surface area contributed by atoms with E-state index >= 15 is 0 Å². The van der Waals surface area contributed by atoms with Crippen LogP contribution in [0.25, 0.3) is 0 Å². The molecule has 6 heteroatoms. The predicted molar refractivity (Wildman–Crippen MR) is 83.5 cm³/mol. The molecule has 1 heterocycles. The van der Waals surface area contributed by atoms with Gasteiger partial charge in [0, 0.05) is 11.8 Å². The summed E-state index contributed by atoms with van der Waals surface area (Å²) in [6.07, 6.45) is 8.58. The van der Waals surface area contributed by atoms with Crippen LogP contribution in [0.2, 0.25) is 0 Å². The second-order valence-corrected chi connectivity index (χ2v) is 5.70. The minimum Gasteiger partial charge on any atom is -0.459 e. The van der Waals surface area contributed by atoms with E-state index in [0.29, 0.717) is 5.71 Å². The van der Waals surface area contributed by atoms with Gasteiger partial charge in [0.25, 0.3) is 0 Å². The van der Waals surface area contributed by atoms with Gasteiger partial charge in [0.05, 0.1) is 12.7 Å². The molecule has 1 saturated carbocycles. The van der Waals surface area contributed by atoms with Crippen LogP contribution < -0.4 is 10.7 Å². The van der Waals surface area contributed by atoms with Crippen molar-refractivity contribution in [3.63, 3.8) is 0 Å². The fourth-order valence-corrected chi connectivity index (χ4v) is 2.58. The number of nitrogens with one attached hydrogen (secondary N) is 2. The maximum absolute atomic E-state index is 12.0. The number of hydrogen-bond acceptors (Lipinski definition) is 4. The van der Waals surface area contributed by atoms with E-state index in [9.17, 15) is 9.59 Å². The largest absolute Gasteiger partial charge is 0.459 e. The summed E-state index contributed by atoms with van der Waals surface area (Å²) >= 11 is 0. The van der Waals surface area contributed by atoms with Crippen molar-refractivity contribution in [3.8, 4) is 0 Å². The van der Waals surface area contributed by atoms with Gasteiger partial charge in [0.2, 0.25) is 5.91 Å². The van der Waals surface area contributed by atoms with E-state index in [1.54, 1.807) is 19.1 Å². The number of rotatable bonds is 5. The molecule has 2 rings (SSSR count). The number of carbonyl (C=O) groups excluding carboxylic acids is 2. The maximum Gasteiger partial charge on any atom is 0.307 e. The average molecular weight is 305 g/mol. The molecule has 0 aliphatic heterocycles. The van der Waals surface area contributed by atoms with Gasteiger partial charge in [-0.2, -0.15) is 5.10 Å². The standard InChI is InChI=1S/C16H23N3O3/c1-12(18-19-16(21)14-9-6-10-22-14)11-15(20)17-13-7-4-2-3-5-8-13/h6,9-10,13H,2-5,7-8,11H2,1H3,(H,17,20)(H,19,21). The Morgan fingerprint density at radius 2 is 2.00 bits per heavy atom. The minimum atomic E-state index is -0.423. The molecule has 1 aromatic rings. The SMILES string of the molecule is CC(CC(=O)NC1CCCCCC1)=NNC(=O)c1ccco1. The molecule has 120 valence electrons. The summed E-state index contributed by atoms with van der Waals surface area (Å²) in [5.41, 5.74) is 2.94. The van der Waals surface area contributed by atoms with Gasteiger partial charge in [-0.1, -0.05) is 25.7 Å². The molecule has 0 atom stereocenters. The van der Waals surface area contributed by atoms with Crippen molar-refractivity contribution in [3.05, 3.63) is 24.2 Å². The minimum absolute atomic E-state index is 0.0413. The predicted octanol–water partition coefficient (Wildman–Crippen LogP) is 2.61. The molecular formula is C16H23N3O3. The molecule has 2 N–H and O–H groups in total. The third kappa shape index (κ3) is 5.35. The van der Waals surface area contributed by atoms with E-state index in [1.165, 1.54) is 31.9 Å². The lowest BCUT2D eigenvalue weighted by Crippen LogP contribution is -2.35. The Morgan fingerprint density at radius 1 is 1.27 bits per heavy atom. The van der Waals surface area contributed by atoms with Crippen molar-refractivity contribution in [1.29, 1.82) is 0 Å². The lowest BCUT2D eigenvalue weighted by Gasteiger charge is -2.16. The van der Waals surface area contributed by atoms with Crippen LogP contribution in [0.5, 0.6) is 0 Å². The van der Waals surface area contributed by atoms with Gasteiger partial charge in [-0.15, -0.1) is 0 Å². The van der Waals surface area contributed by atoms with Crippen LogP contribution in [0.15, 0.2) is 27.9 Å². The zero-order valence-electron chi connectivity index (χ0n) is 12.9. The fraction of sp³-hybridized carbons (Fsp3) is 0.562. The van der Waals surface area contributed by atoms with Gasteiger partial charge in [-0.3, -0.25) is 9.59 Å². The topological polar surface area (TPSA) is 83.7 Å². The summed E-state index contributed by atoms with van der Waals surface area (Å²) in [5.74, 6) is -0.270. The normalized spacial score (nSPS) is 16.9. The van der Waals surface area contributed by atoms with Crippen LogP contribution in [0.4, 0.5) is 0 Å². The van der Waals surface area contributed by atoms with Crippen LogP contribution in [-0.4, -0.2) is 23.6 Å². The zero-order chi connectivity index (χ0) is 15.8. The Morgan fingerprint density at radius 3 is 2.64 bits per heavy atom. The van der Waals surface area contributed by atoms with Crippen molar-refractivity contribution in [2.24, 2.45) is 5.10 Å². The summed E-state index contributed by atoms with van der Waals surface area (Å²) in [7, 11) is 0. The Labute approximate surface area is 130 Å². The molecule has 6 nitrogen and oxygen atoms in total. The van der Waals surface area contributed by atoms with E-state index < -0.39 is 5.91 Å². The fourth-order valence-electron chi connectivity index (χ4n) is 2.58. The van der Waals surface area contributed by atoms with E-state index in [2.05, 4.69) is 15.8 Å².